The number of ether oxygens (including phenoxy) is 3. The molecule has 0 bridgehead atoms. The summed E-state index contributed by atoms with van der Waals surface area (Å²) in [5, 5.41) is 0. The van der Waals surface area contributed by atoms with E-state index in [1.807, 2.05) is 0 Å². The number of esters is 3. The molecule has 5 aliphatic rings. The minimum absolute atomic E-state index is 0.0381. The summed E-state index contributed by atoms with van der Waals surface area (Å²) in [6.07, 6.45) is 11.5. The third-order valence-electron chi connectivity index (χ3n) is 14.0. The summed E-state index contributed by atoms with van der Waals surface area (Å²) in [5.41, 5.74) is 1.50. The van der Waals surface area contributed by atoms with Crippen LogP contribution in [0.1, 0.15) is 127 Å². The molecular formula is C36H56O6. The molecule has 5 rings (SSSR count). The van der Waals surface area contributed by atoms with E-state index in [0.29, 0.717) is 11.8 Å². The second kappa shape index (κ2) is 10.1. The van der Waals surface area contributed by atoms with Crippen LogP contribution in [0.25, 0.3) is 0 Å². The molecule has 0 aromatic rings. The fourth-order valence-electron chi connectivity index (χ4n) is 11.7. The van der Waals surface area contributed by atoms with E-state index in [1.165, 1.54) is 13.8 Å². The van der Waals surface area contributed by atoms with E-state index in [9.17, 15) is 14.4 Å². The SMILES string of the molecule is CC(=O)OC[C@]1(C)[C@@H]2CC[C@]3(C)[C@H](CC=C4[C@@H]5CC(C)(C)C[C@@H](OC(C)=O)[C@]5(C)CC[C@]43C)[C@@]2(C)CC[C@@H]1OC(C)=O. The van der Waals surface area contributed by atoms with Gasteiger partial charge in [-0.1, -0.05) is 60.1 Å². The van der Waals surface area contributed by atoms with Gasteiger partial charge in [-0.3, -0.25) is 14.4 Å². The highest BCUT2D eigenvalue weighted by atomic mass is 16.6. The van der Waals surface area contributed by atoms with E-state index in [-0.39, 0.29) is 69.7 Å². The number of fused-ring (bicyclic) bond motifs is 7. The van der Waals surface area contributed by atoms with Crippen molar-refractivity contribution in [3.8, 4) is 0 Å². The van der Waals surface area contributed by atoms with Gasteiger partial charge in [0.1, 0.15) is 18.8 Å². The van der Waals surface area contributed by atoms with Crippen LogP contribution in [0.2, 0.25) is 0 Å². The van der Waals surface area contributed by atoms with Crippen LogP contribution in [-0.4, -0.2) is 36.7 Å². The molecule has 0 unspecified atom stereocenters. The van der Waals surface area contributed by atoms with Crippen molar-refractivity contribution >= 4 is 17.9 Å². The van der Waals surface area contributed by atoms with Crippen LogP contribution >= 0.6 is 0 Å². The van der Waals surface area contributed by atoms with Crippen LogP contribution < -0.4 is 0 Å². The molecule has 0 N–H and O–H groups in total. The Balaban J connectivity index is 1.54. The van der Waals surface area contributed by atoms with Gasteiger partial charge in [-0.15, -0.1) is 0 Å². The minimum Gasteiger partial charge on any atom is -0.465 e. The van der Waals surface area contributed by atoms with E-state index in [2.05, 4.69) is 54.5 Å². The van der Waals surface area contributed by atoms with E-state index in [1.54, 1.807) is 12.5 Å². The zero-order valence-electron chi connectivity index (χ0n) is 28.0. The first kappa shape index (κ1) is 31.6. The molecule has 4 saturated carbocycles. The van der Waals surface area contributed by atoms with Gasteiger partial charge >= 0.3 is 17.9 Å². The van der Waals surface area contributed by atoms with E-state index in [4.69, 9.17) is 14.2 Å². The van der Waals surface area contributed by atoms with Crippen molar-refractivity contribution in [1.29, 1.82) is 0 Å². The third kappa shape index (κ3) is 4.59. The predicted octanol–water partition coefficient (Wildman–Crippen LogP) is 7.82. The van der Waals surface area contributed by atoms with Crippen LogP contribution in [0.3, 0.4) is 0 Å². The summed E-state index contributed by atoms with van der Waals surface area (Å²) in [6, 6.07) is 0. The van der Waals surface area contributed by atoms with Gasteiger partial charge in [0.25, 0.3) is 0 Å². The minimum atomic E-state index is -0.424. The largest absolute Gasteiger partial charge is 0.465 e. The maximum atomic E-state index is 12.2. The molecule has 5 aliphatic carbocycles. The second-order valence-corrected chi connectivity index (χ2v) is 16.9. The van der Waals surface area contributed by atoms with Crippen molar-refractivity contribution in [2.24, 2.45) is 50.2 Å². The van der Waals surface area contributed by atoms with Gasteiger partial charge in [-0.05, 0) is 97.2 Å². The molecule has 4 fully saturated rings. The monoisotopic (exact) mass is 584 g/mol. The molecule has 0 saturated heterocycles. The molecule has 0 aromatic heterocycles. The number of allylic oxidation sites excluding steroid dienone is 2. The van der Waals surface area contributed by atoms with E-state index < -0.39 is 5.41 Å². The van der Waals surface area contributed by atoms with E-state index in [0.717, 1.165) is 57.8 Å². The summed E-state index contributed by atoms with van der Waals surface area (Å²) in [4.78, 5) is 36.4. The van der Waals surface area contributed by atoms with Crippen molar-refractivity contribution < 1.29 is 28.6 Å². The Bertz CT molecular complexity index is 1170. The first-order chi connectivity index (χ1) is 19.3. The van der Waals surface area contributed by atoms with Crippen molar-refractivity contribution in [3.63, 3.8) is 0 Å². The zero-order valence-corrected chi connectivity index (χ0v) is 28.0. The summed E-state index contributed by atoms with van der Waals surface area (Å²) in [6.45, 7) is 21.7. The van der Waals surface area contributed by atoms with Crippen LogP contribution in [0, 0.1) is 50.2 Å². The maximum absolute atomic E-state index is 12.2. The summed E-state index contributed by atoms with van der Waals surface area (Å²) >= 11 is 0. The molecule has 0 amide bonds. The molecular weight excluding hydrogens is 528 g/mol. The standard InChI is InChI=1S/C36H56O6/c1-22(37)40-21-34(8)27-13-16-36(10)28(33(27,7)15-14-29(34)41-23(2)38)12-11-25-26-19-31(4,5)20-30(42-24(3)39)32(26,6)17-18-35(25,36)9/h11,26-30H,12-21H2,1-10H3/t26-,27+,28+,29-,30+,32+,33-,34+,35+,36+/m0/s1. The van der Waals surface area contributed by atoms with Crippen LogP contribution in [0.4, 0.5) is 0 Å². The average molecular weight is 585 g/mol. The van der Waals surface area contributed by atoms with Gasteiger partial charge in [0.05, 0.1) is 0 Å². The highest BCUT2D eigenvalue weighted by Crippen LogP contribution is 2.76. The molecule has 236 valence electrons. The Hall–Kier alpha value is -1.85. The molecule has 0 aliphatic heterocycles. The van der Waals surface area contributed by atoms with Crippen molar-refractivity contribution in [3.05, 3.63) is 11.6 Å². The van der Waals surface area contributed by atoms with Gasteiger partial charge in [-0.2, -0.15) is 0 Å². The Morgan fingerprint density at radius 2 is 1.38 bits per heavy atom. The highest BCUT2D eigenvalue weighted by molar-refractivity contribution is 5.67. The van der Waals surface area contributed by atoms with Crippen molar-refractivity contribution in [1.82, 2.24) is 0 Å². The molecule has 6 nitrogen and oxygen atoms in total. The third-order valence-corrected chi connectivity index (χ3v) is 14.0. The molecule has 6 heteroatoms. The summed E-state index contributed by atoms with van der Waals surface area (Å²) in [7, 11) is 0. The first-order valence-corrected chi connectivity index (χ1v) is 16.5. The summed E-state index contributed by atoms with van der Waals surface area (Å²) < 4.78 is 17.7. The van der Waals surface area contributed by atoms with Gasteiger partial charge in [-0.25, -0.2) is 0 Å². The van der Waals surface area contributed by atoms with Crippen LogP contribution in [0.5, 0.6) is 0 Å². The van der Waals surface area contributed by atoms with Crippen LogP contribution in [-0.2, 0) is 28.6 Å². The Morgan fingerprint density at radius 1 is 0.738 bits per heavy atom. The van der Waals surface area contributed by atoms with Gasteiger partial charge < -0.3 is 14.2 Å². The Kier molecular flexibility index (Phi) is 7.58. The topological polar surface area (TPSA) is 78.9 Å². The fraction of sp³-hybridized carbons (Fsp3) is 0.861. The highest BCUT2D eigenvalue weighted by Gasteiger charge is 2.70. The lowest BCUT2D eigenvalue weighted by Crippen LogP contribution is -2.66. The fourth-order valence-corrected chi connectivity index (χ4v) is 11.7. The molecule has 0 heterocycles. The maximum Gasteiger partial charge on any atom is 0.302 e. The van der Waals surface area contributed by atoms with Gasteiger partial charge in [0.2, 0.25) is 0 Å². The Morgan fingerprint density at radius 3 is 2.00 bits per heavy atom. The summed E-state index contributed by atoms with van der Waals surface area (Å²) in [5.74, 6) is 0.470. The zero-order chi connectivity index (χ0) is 31.1. The molecule has 10 atom stereocenters. The number of hydrogen-bond acceptors (Lipinski definition) is 6. The lowest BCUT2D eigenvalue weighted by Gasteiger charge is -2.71. The molecule has 0 spiro atoms. The first-order valence-electron chi connectivity index (χ1n) is 16.5. The van der Waals surface area contributed by atoms with Crippen molar-refractivity contribution in [2.75, 3.05) is 6.61 Å². The lowest BCUT2D eigenvalue weighted by atomic mass is 9.33. The predicted molar refractivity (Wildman–Crippen MR) is 162 cm³/mol. The normalized spacial score (nSPS) is 47.4. The number of hydrogen-bond donors (Lipinski definition) is 0. The lowest BCUT2D eigenvalue weighted by molar-refractivity contribution is -0.228. The van der Waals surface area contributed by atoms with Gasteiger partial charge in [0.15, 0.2) is 0 Å². The average Bonchev–Trinajstić information content (AvgIpc) is 2.86. The van der Waals surface area contributed by atoms with Gasteiger partial charge in [0, 0.05) is 31.6 Å². The Labute approximate surface area is 254 Å². The second-order valence-electron chi connectivity index (χ2n) is 16.9. The number of carbonyl (C=O) groups is 3. The number of carbonyl (C=O) groups excluding carboxylic acids is 3. The smallest absolute Gasteiger partial charge is 0.302 e. The quantitative estimate of drug-likeness (QED) is 0.190. The molecule has 0 radical (unpaired) electrons. The van der Waals surface area contributed by atoms with Crippen molar-refractivity contribution in [2.45, 2.75) is 139 Å². The van der Waals surface area contributed by atoms with Crippen LogP contribution in [0.15, 0.2) is 11.6 Å². The molecule has 0 aromatic carbocycles. The number of rotatable bonds is 4. The molecule has 42 heavy (non-hydrogen) atoms. The van der Waals surface area contributed by atoms with E-state index >= 15 is 0 Å².